The number of hydrogen-bond acceptors (Lipinski definition) is 5. The zero-order valence-corrected chi connectivity index (χ0v) is 12.1. The Balaban J connectivity index is 2.21. The Morgan fingerprint density at radius 1 is 1.33 bits per heavy atom. The molecule has 0 aromatic carbocycles. The van der Waals surface area contributed by atoms with Crippen molar-refractivity contribution in [2.75, 3.05) is 41.9 Å². The molecule has 4 nitrogen and oxygen atoms in total. The third kappa shape index (κ3) is 3.51. The number of nitrogens with one attached hydrogen (secondary N) is 1. The normalized spacial score (nSPS) is 16.4. The van der Waals surface area contributed by atoms with Crippen molar-refractivity contribution in [2.45, 2.75) is 26.2 Å². The summed E-state index contributed by atoms with van der Waals surface area (Å²) in [6.45, 7) is 4.37. The average Bonchev–Trinajstić information content (AvgIpc) is 2.67. The predicted octanol–water partition coefficient (Wildman–Crippen LogP) is 2.41. The fraction of sp³-hybridized carbons (Fsp3) is 0.692. The molecule has 0 radical (unpaired) electrons. The van der Waals surface area contributed by atoms with Gasteiger partial charge >= 0.3 is 0 Å². The van der Waals surface area contributed by atoms with Crippen LogP contribution >= 0.6 is 11.8 Å². The molecule has 1 fully saturated rings. The van der Waals surface area contributed by atoms with Crippen molar-refractivity contribution in [1.82, 2.24) is 9.97 Å². The van der Waals surface area contributed by atoms with Gasteiger partial charge in [-0.05, 0) is 18.6 Å². The van der Waals surface area contributed by atoms with Crippen molar-refractivity contribution in [3.05, 3.63) is 11.9 Å². The summed E-state index contributed by atoms with van der Waals surface area (Å²) < 4.78 is 0. The van der Waals surface area contributed by atoms with E-state index in [9.17, 15) is 0 Å². The molecular weight excluding hydrogens is 244 g/mol. The highest BCUT2D eigenvalue weighted by atomic mass is 32.2. The van der Waals surface area contributed by atoms with E-state index in [1.54, 1.807) is 0 Å². The zero-order valence-electron chi connectivity index (χ0n) is 11.3. The lowest BCUT2D eigenvalue weighted by Crippen LogP contribution is -2.27. The predicted molar refractivity (Wildman–Crippen MR) is 79.7 cm³/mol. The Morgan fingerprint density at radius 2 is 2.22 bits per heavy atom. The van der Waals surface area contributed by atoms with Crippen LogP contribution in [0.25, 0.3) is 0 Å². The Morgan fingerprint density at radius 3 is 3.00 bits per heavy atom. The van der Waals surface area contributed by atoms with Crippen LogP contribution in [0.2, 0.25) is 0 Å². The number of hydrogen-bond donors (Lipinski definition) is 1. The molecule has 5 heteroatoms. The molecule has 1 aliphatic rings. The summed E-state index contributed by atoms with van der Waals surface area (Å²) in [5, 5.41) is 3.14. The molecule has 1 saturated heterocycles. The molecule has 0 amide bonds. The van der Waals surface area contributed by atoms with Crippen molar-refractivity contribution in [3.8, 4) is 0 Å². The molecule has 18 heavy (non-hydrogen) atoms. The van der Waals surface area contributed by atoms with Crippen molar-refractivity contribution < 1.29 is 0 Å². The van der Waals surface area contributed by atoms with E-state index in [1.807, 2.05) is 18.8 Å². The van der Waals surface area contributed by atoms with Gasteiger partial charge in [-0.15, -0.1) is 0 Å². The van der Waals surface area contributed by atoms with Gasteiger partial charge in [0.1, 0.15) is 17.5 Å². The maximum atomic E-state index is 4.70. The standard InChI is InChI=1S/C13H22N4S/c1-3-5-11-15-12(14-2)10-13(16-11)17-6-4-8-18-9-7-17/h10H,3-9H2,1-2H3,(H,14,15,16). The van der Waals surface area contributed by atoms with Gasteiger partial charge in [-0.1, -0.05) is 6.92 Å². The largest absolute Gasteiger partial charge is 0.373 e. The zero-order chi connectivity index (χ0) is 12.8. The minimum Gasteiger partial charge on any atom is -0.373 e. The van der Waals surface area contributed by atoms with Crippen LogP contribution in [0.1, 0.15) is 25.6 Å². The molecule has 0 aliphatic carbocycles. The van der Waals surface area contributed by atoms with Gasteiger partial charge in [0.15, 0.2) is 0 Å². The molecule has 1 aromatic heterocycles. The first-order valence-corrected chi connectivity index (χ1v) is 7.87. The summed E-state index contributed by atoms with van der Waals surface area (Å²) in [5.74, 6) is 5.43. The summed E-state index contributed by atoms with van der Waals surface area (Å²) in [5.41, 5.74) is 0. The monoisotopic (exact) mass is 266 g/mol. The number of thioether (sulfide) groups is 1. The van der Waals surface area contributed by atoms with Gasteiger partial charge in [-0.25, -0.2) is 9.97 Å². The molecule has 0 spiro atoms. The number of anilines is 2. The molecule has 1 aliphatic heterocycles. The minimum atomic E-state index is 0.931. The Labute approximate surface area is 114 Å². The summed E-state index contributed by atoms with van der Waals surface area (Å²) in [6, 6.07) is 2.06. The van der Waals surface area contributed by atoms with E-state index in [0.717, 1.165) is 43.4 Å². The van der Waals surface area contributed by atoms with Crippen molar-refractivity contribution >= 4 is 23.4 Å². The lowest BCUT2D eigenvalue weighted by molar-refractivity contribution is 0.776. The fourth-order valence-electron chi connectivity index (χ4n) is 2.08. The van der Waals surface area contributed by atoms with Gasteiger partial charge < -0.3 is 10.2 Å². The van der Waals surface area contributed by atoms with Crippen molar-refractivity contribution in [1.29, 1.82) is 0 Å². The van der Waals surface area contributed by atoms with Crippen LogP contribution in [0.3, 0.4) is 0 Å². The first-order chi connectivity index (χ1) is 8.83. The molecule has 100 valence electrons. The van der Waals surface area contributed by atoms with Crippen LogP contribution in [0, 0.1) is 0 Å². The Kier molecular flexibility index (Phi) is 5.11. The summed E-state index contributed by atoms with van der Waals surface area (Å²) in [7, 11) is 1.92. The lowest BCUT2D eigenvalue weighted by atomic mass is 10.3. The van der Waals surface area contributed by atoms with Crippen LogP contribution in [0.15, 0.2) is 6.07 Å². The van der Waals surface area contributed by atoms with Gasteiger partial charge in [0.05, 0.1) is 0 Å². The van der Waals surface area contributed by atoms with Crippen LogP contribution in [-0.2, 0) is 6.42 Å². The van der Waals surface area contributed by atoms with Crippen LogP contribution in [0.4, 0.5) is 11.6 Å². The van der Waals surface area contributed by atoms with Gasteiger partial charge in [0, 0.05) is 38.4 Å². The van der Waals surface area contributed by atoms with E-state index in [4.69, 9.17) is 4.98 Å². The van der Waals surface area contributed by atoms with Gasteiger partial charge in [0.2, 0.25) is 0 Å². The summed E-state index contributed by atoms with van der Waals surface area (Å²) >= 11 is 2.04. The molecule has 0 atom stereocenters. The second kappa shape index (κ2) is 6.83. The molecular formula is C13H22N4S. The van der Waals surface area contributed by atoms with Crippen molar-refractivity contribution in [2.24, 2.45) is 0 Å². The molecule has 2 rings (SSSR count). The SMILES string of the molecule is CCCc1nc(NC)cc(N2CCCSCC2)n1. The molecule has 0 unspecified atom stereocenters. The fourth-order valence-corrected chi connectivity index (χ4v) is 2.97. The lowest BCUT2D eigenvalue weighted by Gasteiger charge is -2.22. The number of rotatable bonds is 4. The number of aryl methyl sites for hydroxylation is 1. The Bertz CT molecular complexity index is 375. The number of nitrogens with zero attached hydrogens (tertiary/aromatic N) is 3. The van der Waals surface area contributed by atoms with E-state index in [1.165, 1.54) is 17.9 Å². The van der Waals surface area contributed by atoms with Crippen molar-refractivity contribution in [3.63, 3.8) is 0 Å². The van der Waals surface area contributed by atoms with E-state index in [0.29, 0.717) is 0 Å². The summed E-state index contributed by atoms with van der Waals surface area (Å²) in [6.07, 6.45) is 3.28. The quantitative estimate of drug-likeness (QED) is 0.906. The van der Waals surface area contributed by atoms with E-state index in [-0.39, 0.29) is 0 Å². The van der Waals surface area contributed by atoms with E-state index >= 15 is 0 Å². The second-order valence-electron chi connectivity index (χ2n) is 4.48. The first-order valence-electron chi connectivity index (χ1n) is 6.72. The molecule has 1 aromatic rings. The topological polar surface area (TPSA) is 41.1 Å². The second-order valence-corrected chi connectivity index (χ2v) is 5.71. The first kappa shape index (κ1) is 13.5. The average molecular weight is 266 g/mol. The maximum Gasteiger partial charge on any atom is 0.134 e. The van der Waals surface area contributed by atoms with Crippen LogP contribution in [-0.4, -0.2) is 41.6 Å². The summed E-state index contributed by atoms with van der Waals surface area (Å²) in [4.78, 5) is 11.6. The third-order valence-corrected chi connectivity index (χ3v) is 4.08. The van der Waals surface area contributed by atoms with Gasteiger partial charge in [-0.3, -0.25) is 0 Å². The van der Waals surface area contributed by atoms with Gasteiger partial charge in [0.25, 0.3) is 0 Å². The molecule has 0 saturated carbocycles. The highest BCUT2D eigenvalue weighted by Crippen LogP contribution is 2.20. The minimum absolute atomic E-state index is 0.931. The van der Waals surface area contributed by atoms with E-state index < -0.39 is 0 Å². The van der Waals surface area contributed by atoms with Crippen LogP contribution in [0.5, 0.6) is 0 Å². The highest BCUT2D eigenvalue weighted by molar-refractivity contribution is 7.99. The van der Waals surface area contributed by atoms with Crippen LogP contribution < -0.4 is 10.2 Å². The molecule has 2 heterocycles. The van der Waals surface area contributed by atoms with E-state index in [2.05, 4.69) is 28.2 Å². The maximum absolute atomic E-state index is 4.70. The molecule has 1 N–H and O–H groups in total. The smallest absolute Gasteiger partial charge is 0.134 e. The third-order valence-electron chi connectivity index (χ3n) is 3.03. The molecule has 0 bridgehead atoms. The Hall–Kier alpha value is -0.970. The number of aromatic nitrogens is 2. The highest BCUT2D eigenvalue weighted by Gasteiger charge is 2.13. The van der Waals surface area contributed by atoms with Gasteiger partial charge in [-0.2, -0.15) is 11.8 Å².